The van der Waals surface area contributed by atoms with Crippen LogP contribution in [0.2, 0.25) is 0 Å². The molecule has 0 aliphatic carbocycles. The molecule has 0 bridgehead atoms. The zero-order chi connectivity index (χ0) is 21.7. The summed E-state index contributed by atoms with van der Waals surface area (Å²) in [4.78, 5) is 4.92. The van der Waals surface area contributed by atoms with Gasteiger partial charge in [0, 0.05) is 27.7 Å². The first-order chi connectivity index (χ1) is 14.7. The van der Waals surface area contributed by atoms with Crippen LogP contribution in [-0.2, 0) is 6.42 Å². The summed E-state index contributed by atoms with van der Waals surface area (Å²) < 4.78 is 2.53. The molecule has 0 unspecified atom stereocenters. The highest BCUT2D eigenvalue weighted by molar-refractivity contribution is 6.28. The van der Waals surface area contributed by atoms with Crippen LogP contribution in [0.5, 0.6) is 0 Å². The van der Waals surface area contributed by atoms with Crippen molar-refractivity contribution in [2.24, 2.45) is 5.41 Å². The number of pyridine rings is 2. The van der Waals surface area contributed by atoms with Gasteiger partial charge in [-0.1, -0.05) is 50.6 Å². The molecule has 0 aliphatic rings. The molecule has 6 aromatic rings. The van der Waals surface area contributed by atoms with Crippen LogP contribution in [0.15, 0.2) is 48.7 Å². The maximum Gasteiger partial charge on any atom is 0.0822 e. The van der Waals surface area contributed by atoms with Gasteiger partial charge >= 0.3 is 0 Å². The van der Waals surface area contributed by atoms with Gasteiger partial charge in [-0.25, -0.2) is 0 Å². The van der Waals surface area contributed by atoms with Gasteiger partial charge in [0.15, 0.2) is 0 Å². The van der Waals surface area contributed by atoms with Crippen molar-refractivity contribution in [1.82, 2.24) is 9.38 Å². The molecule has 0 amide bonds. The second-order valence-corrected chi connectivity index (χ2v) is 10.6. The van der Waals surface area contributed by atoms with Crippen molar-refractivity contribution < 1.29 is 0 Å². The van der Waals surface area contributed by atoms with E-state index in [1.165, 1.54) is 65.7 Å². The Morgan fingerprint density at radius 3 is 2.39 bits per heavy atom. The first kappa shape index (κ1) is 18.6. The minimum absolute atomic E-state index is 0.213. The van der Waals surface area contributed by atoms with Crippen LogP contribution >= 0.6 is 0 Å². The van der Waals surface area contributed by atoms with Crippen LogP contribution in [0.4, 0.5) is 0 Å². The first-order valence-corrected chi connectivity index (χ1v) is 11.2. The molecule has 2 nitrogen and oxygen atoms in total. The SMILES string of the molecule is Cc1cc(C)c2c(c1)c1nccc3cc(CC(C)(C)C)c4c5ccc(C)cc5n2c4c31. The molecule has 6 rings (SSSR count). The highest BCUT2D eigenvalue weighted by Gasteiger charge is 2.24. The predicted octanol–water partition coefficient (Wildman–Crippen LogP) is 7.90. The number of nitrogens with zero attached hydrogens (tertiary/aromatic N) is 2. The van der Waals surface area contributed by atoms with Crippen molar-refractivity contribution in [2.75, 3.05) is 0 Å². The molecule has 3 aromatic heterocycles. The van der Waals surface area contributed by atoms with Gasteiger partial charge in [0.05, 0.1) is 22.1 Å². The van der Waals surface area contributed by atoms with Crippen molar-refractivity contribution >= 4 is 49.0 Å². The lowest BCUT2D eigenvalue weighted by atomic mass is 9.85. The van der Waals surface area contributed by atoms with Crippen LogP contribution in [0, 0.1) is 26.2 Å². The lowest BCUT2D eigenvalue weighted by Gasteiger charge is -2.21. The van der Waals surface area contributed by atoms with E-state index < -0.39 is 0 Å². The molecule has 0 radical (unpaired) electrons. The molecule has 0 saturated heterocycles. The Balaban J connectivity index is 2.02. The monoisotopic (exact) mass is 404 g/mol. The highest BCUT2D eigenvalue weighted by Crippen LogP contribution is 2.44. The van der Waals surface area contributed by atoms with E-state index in [2.05, 4.69) is 88.4 Å². The Hall–Kier alpha value is -3.13. The van der Waals surface area contributed by atoms with Crippen molar-refractivity contribution in [3.05, 3.63) is 70.9 Å². The average molecular weight is 405 g/mol. The van der Waals surface area contributed by atoms with Gasteiger partial charge in [-0.2, -0.15) is 0 Å². The molecule has 3 aromatic carbocycles. The molecule has 2 heteroatoms. The maximum atomic E-state index is 4.92. The third kappa shape index (κ3) is 2.54. The van der Waals surface area contributed by atoms with E-state index in [-0.39, 0.29) is 5.41 Å². The van der Waals surface area contributed by atoms with Gasteiger partial charge in [0.2, 0.25) is 0 Å². The van der Waals surface area contributed by atoms with Crippen LogP contribution in [-0.4, -0.2) is 9.38 Å². The fourth-order valence-electron chi connectivity index (χ4n) is 5.65. The molecule has 0 fully saturated rings. The topological polar surface area (TPSA) is 17.3 Å². The van der Waals surface area contributed by atoms with Gasteiger partial charge in [0.25, 0.3) is 0 Å². The highest BCUT2D eigenvalue weighted by atomic mass is 14.9. The summed E-state index contributed by atoms with van der Waals surface area (Å²) in [5.41, 5.74) is 10.6. The second kappa shape index (κ2) is 5.97. The molecular formula is C29H28N2. The molecule has 31 heavy (non-hydrogen) atoms. The van der Waals surface area contributed by atoms with E-state index in [4.69, 9.17) is 4.98 Å². The number of fused-ring (bicyclic) bond motifs is 6. The van der Waals surface area contributed by atoms with Crippen LogP contribution in [0.1, 0.15) is 43.0 Å². The van der Waals surface area contributed by atoms with Gasteiger partial charge < -0.3 is 4.40 Å². The minimum Gasteiger partial charge on any atom is -0.308 e. The summed E-state index contributed by atoms with van der Waals surface area (Å²) >= 11 is 0. The largest absolute Gasteiger partial charge is 0.308 e. The van der Waals surface area contributed by atoms with Crippen molar-refractivity contribution in [3.8, 4) is 0 Å². The van der Waals surface area contributed by atoms with E-state index in [0.29, 0.717) is 0 Å². The average Bonchev–Trinajstić information content (AvgIpc) is 3.01. The molecule has 154 valence electrons. The van der Waals surface area contributed by atoms with E-state index in [9.17, 15) is 0 Å². The fraction of sp³-hybridized carbons (Fsp3) is 0.276. The Morgan fingerprint density at radius 2 is 1.61 bits per heavy atom. The number of aryl methyl sites for hydroxylation is 3. The van der Waals surface area contributed by atoms with E-state index in [1.807, 2.05) is 6.20 Å². The van der Waals surface area contributed by atoms with Gasteiger partial charge in [-0.15, -0.1) is 0 Å². The molecule has 0 saturated carbocycles. The lowest BCUT2D eigenvalue weighted by Crippen LogP contribution is -2.09. The maximum absolute atomic E-state index is 4.92. The van der Waals surface area contributed by atoms with Crippen LogP contribution in [0.25, 0.3) is 49.0 Å². The summed E-state index contributed by atoms with van der Waals surface area (Å²) in [7, 11) is 0. The Kier molecular flexibility index (Phi) is 3.59. The lowest BCUT2D eigenvalue weighted by molar-refractivity contribution is 0.413. The normalized spacial score (nSPS) is 13.0. The minimum atomic E-state index is 0.213. The summed E-state index contributed by atoms with van der Waals surface area (Å²) in [6.45, 7) is 13.6. The van der Waals surface area contributed by atoms with Gasteiger partial charge in [0.1, 0.15) is 0 Å². The predicted molar refractivity (Wildman–Crippen MR) is 134 cm³/mol. The van der Waals surface area contributed by atoms with E-state index >= 15 is 0 Å². The Morgan fingerprint density at radius 1 is 0.806 bits per heavy atom. The Labute approximate surface area is 182 Å². The fourth-order valence-corrected chi connectivity index (χ4v) is 5.65. The van der Waals surface area contributed by atoms with Crippen LogP contribution in [0.3, 0.4) is 0 Å². The summed E-state index contributed by atoms with van der Waals surface area (Å²) in [5.74, 6) is 0. The number of rotatable bonds is 1. The molecule has 3 heterocycles. The Bertz CT molecular complexity index is 1660. The smallest absolute Gasteiger partial charge is 0.0822 e. The summed E-state index contributed by atoms with van der Waals surface area (Å²) in [6, 6.07) is 16.2. The van der Waals surface area contributed by atoms with Crippen molar-refractivity contribution in [2.45, 2.75) is 48.0 Å². The standard InChI is InChI=1S/C29H28N2/c1-16-7-8-21-23(13-16)31-27-18(3)11-17(2)12-22(27)26-25-19(9-10-30-26)14-20(15-29(4,5)6)24(21)28(25)31/h7-14H,15H2,1-6H3. The number of hydrogen-bond donors (Lipinski definition) is 0. The van der Waals surface area contributed by atoms with Crippen molar-refractivity contribution in [3.63, 3.8) is 0 Å². The third-order valence-electron chi connectivity index (χ3n) is 6.64. The van der Waals surface area contributed by atoms with E-state index in [1.54, 1.807) is 0 Å². The molecule has 0 N–H and O–H groups in total. The first-order valence-electron chi connectivity index (χ1n) is 11.2. The zero-order valence-electron chi connectivity index (χ0n) is 19.2. The van der Waals surface area contributed by atoms with Gasteiger partial charge in [-0.05, 0) is 72.9 Å². The van der Waals surface area contributed by atoms with Crippen LogP contribution < -0.4 is 0 Å². The van der Waals surface area contributed by atoms with Crippen molar-refractivity contribution in [1.29, 1.82) is 0 Å². The number of aromatic nitrogens is 2. The molecule has 0 aliphatic heterocycles. The number of benzene rings is 3. The molecular weight excluding hydrogens is 376 g/mol. The quantitative estimate of drug-likeness (QED) is 0.201. The zero-order valence-corrected chi connectivity index (χ0v) is 19.2. The van der Waals surface area contributed by atoms with Gasteiger partial charge in [-0.3, -0.25) is 4.98 Å². The van der Waals surface area contributed by atoms with E-state index in [0.717, 1.165) is 11.9 Å². The molecule has 0 spiro atoms. The number of hydrogen-bond acceptors (Lipinski definition) is 1. The summed E-state index contributed by atoms with van der Waals surface area (Å²) in [6.07, 6.45) is 3.03. The molecule has 0 atom stereocenters. The second-order valence-electron chi connectivity index (χ2n) is 10.6. The summed E-state index contributed by atoms with van der Waals surface area (Å²) in [5, 5.41) is 6.59. The third-order valence-corrected chi connectivity index (χ3v) is 6.64.